The second-order valence-corrected chi connectivity index (χ2v) is 12.2. The van der Waals surface area contributed by atoms with Gasteiger partial charge >= 0.3 is 6.18 Å². The van der Waals surface area contributed by atoms with Crippen molar-refractivity contribution in [3.8, 4) is 0 Å². The maximum atomic E-state index is 15.0. The van der Waals surface area contributed by atoms with E-state index in [4.69, 9.17) is 0 Å². The molecule has 1 N–H and O–H groups in total. The summed E-state index contributed by atoms with van der Waals surface area (Å²) in [4.78, 5) is -0.331. The van der Waals surface area contributed by atoms with E-state index >= 15 is 4.39 Å². The fourth-order valence-corrected chi connectivity index (χ4v) is 8.44. The molecule has 33 heavy (non-hydrogen) atoms. The van der Waals surface area contributed by atoms with E-state index in [0.29, 0.717) is 18.6 Å². The molecule has 2 aliphatic rings. The Bertz CT molecular complexity index is 1120. The molecule has 10 heteroatoms. The molecule has 1 heterocycles. The highest BCUT2D eigenvalue weighted by atomic mass is 32.2. The van der Waals surface area contributed by atoms with Crippen LogP contribution >= 0.6 is 11.9 Å². The predicted molar refractivity (Wildman–Crippen MR) is 117 cm³/mol. The van der Waals surface area contributed by atoms with Crippen molar-refractivity contribution in [2.45, 2.75) is 66.1 Å². The summed E-state index contributed by atoms with van der Waals surface area (Å²) in [5.41, 5.74) is -1.23. The van der Waals surface area contributed by atoms with Crippen LogP contribution in [0, 0.1) is 17.6 Å². The van der Waals surface area contributed by atoms with Crippen LogP contribution in [0.5, 0.6) is 0 Å². The van der Waals surface area contributed by atoms with Gasteiger partial charge in [0.1, 0.15) is 16.4 Å². The van der Waals surface area contributed by atoms with Crippen LogP contribution in [0.1, 0.15) is 50.2 Å². The van der Waals surface area contributed by atoms with Crippen LogP contribution in [-0.2, 0) is 20.8 Å². The summed E-state index contributed by atoms with van der Waals surface area (Å²) >= 11 is 1.62. The van der Waals surface area contributed by atoms with Crippen LogP contribution in [0.25, 0.3) is 0 Å². The number of hydrogen-bond donors (Lipinski definition) is 1. The molecule has 0 unspecified atom stereocenters. The number of sulfone groups is 1. The zero-order valence-corrected chi connectivity index (χ0v) is 19.5. The van der Waals surface area contributed by atoms with Gasteiger partial charge in [-0.25, -0.2) is 17.2 Å². The van der Waals surface area contributed by atoms with Gasteiger partial charge in [-0.15, -0.1) is 0 Å². The van der Waals surface area contributed by atoms with Crippen LogP contribution in [-0.4, -0.2) is 19.7 Å². The molecule has 180 valence electrons. The second kappa shape index (κ2) is 8.85. The van der Waals surface area contributed by atoms with Crippen molar-refractivity contribution in [3.63, 3.8) is 0 Å². The number of alkyl halides is 3. The molecule has 4 atom stereocenters. The third-order valence-corrected chi connectivity index (χ3v) is 10.7. The maximum absolute atomic E-state index is 15.0. The maximum Gasteiger partial charge on any atom is 0.416 e. The number of nitrogens with one attached hydrogen (secondary N) is 1. The second-order valence-electron chi connectivity index (χ2n) is 8.76. The van der Waals surface area contributed by atoms with Gasteiger partial charge < -0.3 is 0 Å². The molecule has 0 radical (unpaired) electrons. The molecule has 0 aromatic heterocycles. The van der Waals surface area contributed by atoms with Crippen molar-refractivity contribution in [2.75, 3.05) is 0 Å². The lowest BCUT2D eigenvalue weighted by Crippen LogP contribution is -2.51. The van der Waals surface area contributed by atoms with E-state index < -0.39 is 38.0 Å². The number of halogens is 5. The van der Waals surface area contributed by atoms with E-state index in [2.05, 4.69) is 4.72 Å². The Kier molecular flexibility index (Phi) is 6.56. The SMILES string of the molecule is CC[C@@H]1C[C@H]2C[C@@](c3cc(F)ccc3F)(S(=O)(=O)c3ccc(C(F)(F)F)cc3)CC[C@H]2NS1. The first-order chi connectivity index (χ1) is 15.5. The Balaban J connectivity index is 1.84. The summed E-state index contributed by atoms with van der Waals surface area (Å²) < 4.78 is 97.8. The molecule has 2 aromatic rings. The third-order valence-electron chi connectivity index (χ3n) is 6.85. The van der Waals surface area contributed by atoms with Gasteiger partial charge in [0, 0.05) is 16.9 Å². The third kappa shape index (κ3) is 4.41. The monoisotopic (exact) mass is 505 g/mol. The van der Waals surface area contributed by atoms with Crippen LogP contribution < -0.4 is 4.72 Å². The van der Waals surface area contributed by atoms with Crippen molar-refractivity contribution >= 4 is 21.8 Å². The molecular weight excluding hydrogens is 481 g/mol. The largest absolute Gasteiger partial charge is 0.416 e. The molecule has 3 nitrogen and oxygen atoms in total. The Morgan fingerprint density at radius 3 is 2.45 bits per heavy atom. The standard InChI is InChI=1S/C23H24F5NO2S2/c1-2-17-11-14-13-22(10-9-21(14)29-32-17,19-12-16(24)5-8-20(19)25)33(30,31)18-6-3-15(4-7-18)23(26,27)28/h3-8,12,14,17,21,29H,2,9-11,13H2,1H3/t14-,17+,21+,22-/m0/s1. The van der Waals surface area contributed by atoms with E-state index in [1.165, 1.54) is 0 Å². The van der Waals surface area contributed by atoms with Gasteiger partial charge in [0.2, 0.25) is 0 Å². The highest BCUT2D eigenvalue weighted by molar-refractivity contribution is 7.98. The number of fused-ring (bicyclic) bond motifs is 1. The van der Waals surface area contributed by atoms with Crippen molar-refractivity contribution in [3.05, 3.63) is 65.2 Å². The van der Waals surface area contributed by atoms with Crippen LogP contribution in [0.4, 0.5) is 22.0 Å². The van der Waals surface area contributed by atoms with E-state index in [1.54, 1.807) is 11.9 Å². The molecular formula is C23H24F5NO2S2. The highest BCUT2D eigenvalue weighted by Gasteiger charge is 2.54. The Labute approximate surface area is 194 Å². The van der Waals surface area contributed by atoms with Gasteiger partial charge in [0.15, 0.2) is 9.84 Å². The predicted octanol–water partition coefficient (Wildman–Crippen LogP) is 6.24. The molecule has 2 fully saturated rings. The summed E-state index contributed by atoms with van der Waals surface area (Å²) in [7, 11) is -4.36. The zero-order valence-electron chi connectivity index (χ0n) is 17.8. The van der Waals surface area contributed by atoms with Crippen molar-refractivity contribution in [1.29, 1.82) is 0 Å². The number of rotatable bonds is 4. The zero-order chi connectivity index (χ0) is 24.0. The lowest BCUT2D eigenvalue weighted by molar-refractivity contribution is -0.137. The van der Waals surface area contributed by atoms with Gasteiger partial charge in [-0.1, -0.05) is 18.9 Å². The van der Waals surface area contributed by atoms with Crippen molar-refractivity contribution < 1.29 is 30.4 Å². The number of hydrogen-bond acceptors (Lipinski definition) is 4. The molecule has 1 saturated carbocycles. The van der Waals surface area contributed by atoms with Crippen molar-refractivity contribution in [1.82, 2.24) is 4.72 Å². The first-order valence-corrected chi connectivity index (χ1v) is 13.1. The normalized spacial score (nSPS) is 28.4. The van der Waals surface area contributed by atoms with E-state index in [9.17, 15) is 26.0 Å². The quantitative estimate of drug-likeness (QED) is 0.395. The summed E-state index contributed by atoms with van der Waals surface area (Å²) in [6.45, 7) is 2.03. The lowest BCUT2D eigenvalue weighted by Gasteiger charge is -2.47. The van der Waals surface area contributed by atoms with E-state index in [0.717, 1.165) is 43.2 Å². The molecule has 1 aliphatic carbocycles. The average molecular weight is 506 g/mol. The summed E-state index contributed by atoms with van der Waals surface area (Å²) in [6.07, 6.45) is -2.52. The summed E-state index contributed by atoms with van der Waals surface area (Å²) in [5.74, 6) is -1.70. The molecule has 1 saturated heterocycles. The minimum atomic E-state index is -4.62. The van der Waals surface area contributed by atoms with Gasteiger partial charge in [-0.05, 0) is 80.5 Å². The number of benzene rings is 2. The van der Waals surface area contributed by atoms with Crippen LogP contribution in [0.15, 0.2) is 47.4 Å². The van der Waals surface area contributed by atoms with Crippen LogP contribution in [0.2, 0.25) is 0 Å². The van der Waals surface area contributed by atoms with E-state index in [1.807, 2.05) is 6.92 Å². The fraction of sp³-hybridized carbons (Fsp3) is 0.478. The molecule has 4 rings (SSSR count). The molecule has 0 amide bonds. The van der Waals surface area contributed by atoms with Gasteiger partial charge in [0.25, 0.3) is 0 Å². The van der Waals surface area contributed by atoms with Gasteiger partial charge in [-0.2, -0.15) is 13.2 Å². The molecule has 2 aromatic carbocycles. The fourth-order valence-electron chi connectivity index (χ4n) is 5.04. The average Bonchev–Trinajstić information content (AvgIpc) is 2.79. The van der Waals surface area contributed by atoms with Crippen LogP contribution in [0.3, 0.4) is 0 Å². The smallest absolute Gasteiger partial charge is 0.261 e. The minimum absolute atomic E-state index is 0.0300. The summed E-state index contributed by atoms with van der Waals surface area (Å²) in [5, 5.41) is 0.258. The molecule has 1 aliphatic heterocycles. The van der Waals surface area contributed by atoms with Crippen molar-refractivity contribution in [2.24, 2.45) is 5.92 Å². The summed E-state index contributed by atoms with van der Waals surface area (Å²) in [6, 6.07) is 6.02. The highest BCUT2D eigenvalue weighted by Crippen LogP contribution is 2.52. The minimum Gasteiger partial charge on any atom is -0.261 e. The van der Waals surface area contributed by atoms with Gasteiger partial charge in [0.05, 0.1) is 10.5 Å². The lowest BCUT2D eigenvalue weighted by atomic mass is 9.72. The van der Waals surface area contributed by atoms with E-state index in [-0.39, 0.29) is 40.5 Å². The first-order valence-electron chi connectivity index (χ1n) is 10.8. The Hall–Kier alpha value is -1.65. The Morgan fingerprint density at radius 1 is 1.12 bits per heavy atom. The first kappa shape index (κ1) is 24.5. The Morgan fingerprint density at radius 2 is 1.82 bits per heavy atom. The molecule has 0 bridgehead atoms. The topological polar surface area (TPSA) is 46.2 Å². The molecule has 0 spiro atoms. The van der Waals surface area contributed by atoms with Gasteiger partial charge in [-0.3, -0.25) is 4.72 Å².